The molecular formula is C17H27NO3. The van der Waals surface area contributed by atoms with Gasteiger partial charge in [-0.05, 0) is 35.9 Å². The van der Waals surface area contributed by atoms with Gasteiger partial charge in [-0.25, -0.2) is 0 Å². The quantitative estimate of drug-likeness (QED) is 0.711. The van der Waals surface area contributed by atoms with Gasteiger partial charge in [-0.1, -0.05) is 38.1 Å². The van der Waals surface area contributed by atoms with Gasteiger partial charge in [-0.3, -0.25) is 4.79 Å². The second-order valence-corrected chi connectivity index (χ2v) is 5.85. The Bertz CT molecular complexity index is 432. The summed E-state index contributed by atoms with van der Waals surface area (Å²) in [5, 5.41) is 0. The van der Waals surface area contributed by atoms with Crippen LogP contribution in [0.4, 0.5) is 0 Å². The molecule has 0 amide bonds. The van der Waals surface area contributed by atoms with Crippen molar-refractivity contribution in [2.45, 2.75) is 39.9 Å². The molecule has 21 heavy (non-hydrogen) atoms. The van der Waals surface area contributed by atoms with E-state index in [-0.39, 0.29) is 11.9 Å². The number of esters is 1. The monoisotopic (exact) mass is 293 g/mol. The normalized spacial score (nSPS) is 12.4. The maximum absolute atomic E-state index is 11.9. The van der Waals surface area contributed by atoms with Gasteiger partial charge in [0.25, 0.3) is 0 Å². The molecule has 1 atom stereocenters. The number of nitrogens with two attached hydrogens (primary N) is 1. The fourth-order valence-electron chi connectivity index (χ4n) is 2.36. The summed E-state index contributed by atoms with van der Waals surface area (Å²) in [6.45, 7) is 5.65. The molecule has 0 aliphatic heterocycles. The van der Waals surface area contributed by atoms with Crippen LogP contribution in [0, 0.1) is 11.8 Å². The SMILES string of the molecule is COCc1cccc(COC(=O)C[C@@H](CN)CC(C)C)c1. The number of carbonyl (C=O) groups is 1. The minimum absolute atomic E-state index is 0.178. The highest BCUT2D eigenvalue weighted by molar-refractivity contribution is 5.69. The number of benzene rings is 1. The van der Waals surface area contributed by atoms with E-state index < -0.39 is 0 Å². The summed E-state index contributed by atoms with van der Waals surface area (Å²) in [5.74, 6) is 0.567. The molecular weight excluding hydrogens is 266 g/mol. The largest absolute Gasteiger partial charge is 0.461 e. The molecule has 1 rings (SSSR count). The van der Waals surface area contributed by atoms with Gasteiger partial charge in [-0.15, -0.1) is 0 Å². The molecule has 118 valence electrons. The molecule has 0 fully saturated rings. The molecule has 2 N–H and O–H groups in total. The molecule has 4 heteroatoms. The van der Waals surface area contributed by atoms with E-state index in [9.17, 15) is 4.79 Å². The first kappa shape index (κ1) is 17.7. The standard InChI is InChI=1S/C17H27NO3/c1-13(2)7-16(10-18)9-17(19)21-12-15-6-4-5-14(8-15)11-20-3/h4-6,8,13,16H,7,9-12,18H2,1-3H3/t16-/m0/s1. The zero-order valence-corrected chi connectivity index (χ0v) is 13.3. The molecule has 0 radical (unpaired) electrons. The number of ether oxygens (including phenoxy) is 2. The number of methoxy groups -OCH3 is 1. The van der Waals surface area contributed by atoms with Crippen LogP contribution in [0.1, 0.15) is 37.8 Å². The van der Waals surface area contributed by atoms with E-state index in [4.69, 9.17) is 15.2 Å². The van der Waals surface area contributed by atoms with E-state index in [0.717, 1.165) is 17.5 Å². The predicted molar refractivity (Wildman–Crippen MR) is 83.6 cm³/mol. The predicted octanol–water partition coefficient (Wildman–Crippen LogP) is 2.89. The third kappa shape index (κ3) is 7.25. The van der Waals surface area contributed by atoms with E-state index in [2.05, 4.69) is 13.8 Å². The second-order valence-electron chi connectivity index (χ2n) is 5.85. The molecule has 0 aromatic heterocycles. The third-order valence-corrected chi connectivity index (χ3v) is 3.30. The van der Waals surface area contributed by atoms with Gasteiger partial charge in [-0.2, -0.15) is 0 Å². The van der Waals surface area contributed by atoms with E-state index in [1.54, 1.807) is 7.11 Å². The van der Waals surface area contributed by atoms with Gasteiger partial charge < -0.3 is 15.2 Å². The number of hydrogen-bond acceptors (Lipinski definition) is 4. The third-order valence-electron chi connectivity index (χ3n) is 3.30. The smallest absolute Gasteiger partial charge is 0.306 e. The van der Waals surface area contributed by atoms with Crippen LogP contribution in [0.3, 0.4) is 0 Å². The number of carbonyl (C=O) groups excluding carboxylic acids is 1. The summed E-state index contributed by atoms with van der Waals surface area (Å²) in [7, 11) is 1.66. The van der Waals surface area contributed by atoms with Gasteiger partial charge in [0.1, 0.15) is 6.61 Å². The summed E-state index contributed by atoms with van der Waals surface area (Å²) < 4.78 is 10.4. The van der Waals surface area contributed by atoms with Crippen LogP contribution in [0.15, 0.2) is 24.3 Å². The zero-order chi connectivity index (χ0) is 15.7. The van der Waals surface area contributed by atoms with Crippen molar-refractivity contribution >= 4 is 5.97 Å². The highest BCUT2D eigenvalue weighted by Gasteiger charge is 2.15. The molecule has 0 spiro atoms. The van der Waals surface area contributed by atoms with Crippen LogP contribution in [0.2, 0.25) is 0 Å². The van der Waals surface area contributed by atoms with Gasteiger partial charge in [0.05, 0.1) is 6.61 Å². The van der Waals surface area contributed by atoms with Crippen molar-refractivity contribution in [2.24, 2.45) is 17.6 Å². The lowest BCUT2D eigenvalue weighted by molar-refractivity contribution is -0.146. The maximum atomic E-state index is 11.9. The maximum Gasteiger partial charge on any atom is 0.306 e. The van der Waals surface area contributed by atoms with Crippen molar-refractivity contribution < 1.29 is 14.3 Å². The van der Waals surface area contributed by atoms with Crippen LogP contribution < -0.4 is 5.73 Å². The lowest BCUT2D eigenvalue weighted by atomic mass is 9.94. The van der Waals surface area contributed by atoms with Crippen molar-refractivity contribution in [3.05, 3.63) is 35.4 Å². The fourth-order valence-corrected chi connectivity index (χ4v) is 2.36. The van der Waals surface area contributed by atoms with Gasteiger partial charge in [0.2, 0.25) is 0 Å². The van der Waals surface area contributed by atoms with Crippen LogP contribution in [0.25, 0.3) is 0 Å². The average molecular weight is 293 g/mol. The van der Waals surface area contributed by atoms with Crippen LogP contribution in [-0.4, -0.2) is 19.6 Å². The van der Waals surface area contributed by atoms with E-state index in [0.29, 0.717) is 32.1 Å². The van der Waals surface area contributed by atoms with Crippen LogP contribution in [-0.2, 0) is 27.5 Å². The summed E-state index contributed by atoms with van der Waals surface area (Å²) >= 11 is 0. The van der Waals surface area contributed by atoms with Gasteiger partial charge in [0, 0.05) is 13.5 Å². The summed E-state index contributed by atoms with van der Waals surface area (Å²) in [6.07, 6.45) is 1.35. The first-order chi connectivity index (χ1) is 10.0. The summed E-state index contributed by atoms with van der Waals surface area (Å²) in [6, 6.07) is 7.87. The Morgan fingerprint density at radius 2 is 1.90 bits per heavy atom. The molecule has 0 saturated heterocycles. The topological polar surface area (TPSA) is 61.5 Å². The Balaban J connectivity index is 2.43. The Kier molecular flexibility index (Phi) is 8.01. The van der Waals surface area contributed by atoms with Crippen molar-refractivity contribution in [1.29, 1.82) is 0 Å². The molecule has 0 unspecified atom stereocenters. The summed E-state index contributed by atoms with van der Waals surface area (Å²) in [5.41, 5.74) is 7.76. The Morgan fingerprint density at radius 3 is 2.48 bits per heavy atom. The molecule has 1 aromatic rings. The van der Waals surface area contributed by atoms with Gasteiger partial charge >= 0.3 is 5.97 Å². The molecule has 0 bridgehead atoms. The van der Waals surface area contributed by atoms with Crippen LogP contribution in [0.5, 0.6) is 0 Å². The van der Waals surface area contributed by atoms with E-state index in [1.807, 2.05) is 24.3 Å². The minimum Gasteiger partial charge on any atom is -0.461 e. The lowest BCUT2D eigenvalue weighted by Crippen LogP contribution is -2.21. The molecule has 4 nitrogen and oxygen atoms in total. The number of hydrogen-bond donors (Lipinski definition) is 1. The zero-order valence-electron chi connectivity index (χ0n) is 13.3. The summed E-state index contributed by atoms with van der Waals surface area (Å²) in [4.78, 5) is 11.9. The lowest BCUT2D eigenvalue weighted by Gasteiger charge is -2.16. The Hall–Kier alpha value is -1.39. The van der Waals surface area contributed by atoms with Crippen LogP contribution >= 0.6 is 0 Å². The van der Waals surface area contributed by atoms with Gasteiger partial charge in [0.15, 0.2) is 0 Å². The minimum atomic E-state index is -0.178. The first-order valence-corrected chi connectivity index (χ1v) is 7.47. The average Bonchev–Trinajstić information content (AvgIpc) is 2.45. The first-order valence-electron chi connectivity index (χ1n) is 7.47. The molecule has 0 heterocycles. The molecule has 0 saturated carbocycles. The number of rotatable bonds is 9. The van der Waals surface area contributed by atoms with Crippen molar-refractivity contribution in [3.8, 4) is 0 Å². The van der Waals surface area contributed by atoms with Crippen molar-refractivity contribution in [2.75, 3.05) is 13.7 Å². The Labute approximate surface area is 127 Å². The van der Waals surface area contributed by atoms with E-state index in [1.165, 1.54) is 0 Å². The van der Waals surface area contributed by atoms with Crippen molar-refractivity contribution in [3.63, 3.8) is 0 Å². The fraction of sp³-hybridized carbons (Fsp3) is 0.588. The Morgan fingerprint density at radius 1 is 1.24 bits per heavy atom. The highest BCUT2D eigenvalue weighted by atomic mass is 16.5. The van der Waals surface area contributed by atoms with Crippen molar-refractivity contribution in [1.82, 2.24) is 0 Å². The molecule has 0 aliphatic rings. The molecule has 0 aliphatic carbocycles. The second kappa shape index (κ2) is 9.53. The van der Waals surface area contributed by atoms with E-state index >= 15 is 0 Å². The highest BCUT2D eigenvalue weighted by Crippen LogP contribution is 2.15. The molecule has 1 aromatic carbocycles.